The number of urea groups is 1. The first-order chi connectivity index (χ1) is 9.81. The third-order valence-electron chi connectivity index (χ3n) is 4.07. The van der Waals surface area contributed by atoms with E-state index in [1.54, 1.807) is 11.8 Å². The van der Waals surface area contributed by atoms with Gasteiger partial charge in [0.25, 0.3) is 0 Å². The van der Waals surface area contributed by atoms with Crippen molar-refractivity contribution in [2.24, 2.45) is 0 Å². The number of hydrogen-bond acceptors (Lipinski definition) is 4. The Hall–Kier alpha value is -1.60. The zero-order valence-corrected chi connectivity index (χ0v) is 13.6. The molecule has 21 heavy (non-hydrogen) atoms. The highest BCUT2D eigenvalue weighted by Gasteiger charge is 2.26. The molecule has 116 valence electrons. The highest BCUT2D eigenvalue weighted by molar-refractivity contribution is 7.16. The molecule has 1 aliphatic rings. The van der Waals surface area contributed by atoms with Crippen molar-refractivity contribution in [2.45, 2.75) is 26.8 Å². The van der Waals surface area contributed by atoms with Gasteiger partial charge in [-0.2, -0.15) is 0 Å². The Labute approximate surface area is 128 Å². The molecule has 7 heteroatoms. The Kier molecular flexibility index (Phi) is 4.53. The summed E-state index contributed by atoms with van der Waals surface area (Å²) in [5.41, 5.74) is 0.919. The number of hydrogen-bond donors (Lipinski definition) is 2. The van der Waals surface area contributed by atoms with E-state index < -0.39 is 5.97 Å². The molecule has 1 aliphatic heterocycles. The second-order valence-corrected chi connectivity index (χ2v) is 6.72. The Morgan fingerprint density at radius 3 is 2.57 bits per heavy atom. The predicted molar refractivity (Wildman–Crippen MR) is 83.4 cm³/mol. The molecule has 0 aromatic carbocycles. The van der Waals surface area contributed by atoms with Crippen molar-refractivity contribution >= 4 is 28.3 Å². The van der Waals surface area contributed by atoms with Crippen LogP contribution in [0.1, 0.15) is 27.7 Å². The second-order valence-electron chi connectivity index (χ2n) is 5.50. The molecular formula is C14H21N3O3S. The summed E-state index contributed by atoms with van der Waals surface area (Å²) in [4.78, 5) is 28.5. The van der Waals surface area contributed by atoms with E-state index in [-0.39, 0.29) is 11.6 Å². The summed E-state index contributed by atoms with van der Waals surface area (Å²) in [6.45, 7) is 7.82. The number of thiophene rings is 1. The van der Waals surface area contributed by atoms with Crippen LogP contribution in [0.2, 0.25) is 0 Å². The van der Waals surface area contributed by atoms with E-state index in [1.807, 2.05) is 14.0 Å². The first kappa shape index (κ1) is 15.8. The smallest absolute Gasteiger partial charge is 0.338 e. The first-order valence-corrected chi connectivity index (χ1v) is 7.72. The number of nitrogens with zero attached hydrogens (tertiary/aromatic N) is 2. The Morgan fingerprint density at radius 1 is 1.33 bits per heavy atom. The lowest BCUT2D eigenvalue weighted by atomic mass is 10.1. The summed E-state index contributed by atoms with van der Waals surface area (Å²) < 4.78 is 0. The van der Waals surface area contributed by atoms with E-state index in [2.05, 4.69) is 17.1 Å². The Balaban J connectivity index is 2.13. The fraction of sp³-hybridized carbons (Fsp3) is 0.571. The minimum atomic E-state index is -1.00. The van der Waals surface area contributed by atoms with Crippen LogP contribution in [-0.2, 0) is 0 Å². The largest absolute Gasteiger partial charge is 0.478 e. The van der Waals surface area contributed by atoms with Crippen molar-refractivity contribution in [1.82, 2.24) is 9.80 Å². The maximum Gasteiger partial charge on any atom is 0.338 e. The Bertz CT molecular complexity index is 570. The van der Waals surface area contributed by atoms with Crippen molar-refractivity contribution in [3.8, 4) is 0 Å². The minimum Gasteiger partial charge on any atom is -0.478 e. The lowest BCUT2D eigenvalue weighted by Gasteiger charge is -2.37. The number of nitrogens with one attached hydrogen (secondary N) is 1. The van der Waals surface area contributed by atoms with Gasteiger partial charge in [-0.3, -0.25) is 5.32 Å². The number of amides is 2. The van der Waals surface area contributed by atoms with Crippen LogP contribution in [0, 0.1) is 13.8 Å². The van der Waals surface area contributed by atoms with Crippen LogP contribution in [0.4, 0.5) is 9.80 Å². The third kappa shape index (κ3) is 3.19. The highest BCUT2D eigenvalue weighted by atomic mass is 32.1. The van der Waals surface area contributed by atoms with Gasteiger partial charge in [0.1, 0.15) is 5.00 Å². The van der Waals surface area contributed by atoms with Gasteiger partial charge in [-0.05, 0) is 33.4 Å². The van der Waals surface area contributed by atoms with Crippen molar-refractivity contribution in [3.63, 3.8) is 0 Å². The average Bonchev–Trinajstić information content (AvgIpc) is 2.68. The molecule has 0 bridgehead atoms. The number of carbonyl (C=O) groups is 2. The van der Waals surface area contributed by atoms with E-state index >= 15 is 0 Å². The molecule has 1 unspecified atom stereocenters. The van der Waals surface area contributed by atoms with Crippen molar-refractivity contribution in [3.05, 3.63) is 16.0 Å². The summed E-state index contributed by atoms with van der Waals surface area (Å²) >= 11 is 1.31. The molecule has 0 aliphatic carbocycles. The van der Waals surface area contributed by atoms with E-state index in [1.165, 1.54) is 11.3 Å². The number of anilines is 1. The number of rotatable bonds is 2. The van der Waals surface area contributed by atoms with E-state index in [0.717, 1.165) is 17.0 Å². The van der Waals surface area contributed by atoms with Gasteiger partial charge < -0.3 is 14.9 Å². The molecule has 1 atom stereocenters. The lowest BCUT2D eigenvalue weighted by Crippen LogP contribution is -2.53. The predicted octanol–water partition coefficient (Wildman–Crippen LogP) is 2.23. The van der Waals surface area contributed by atoms with E-state index in [4.69, 9.17) is 0 Å². The van der Waals surface area contributed by atoms with Gasteiger partial charge in [-0.1, -0.05) is 0 Å². The number of piperazine rings is 1. The molecule has 0 saturated carbocycles. The van der Waals surface area contributed by atoms with Crippen LogP contribution in [0.25, 0.3) is 0 Å². The summed E-state index contributed by atoms with van der Waals surface area (Å²) in [7, 11) is 2.04. The zero-order chi connectivity index (χ0) is 15.7. The average molecular weight is 311 g/mol. The van der Waals surface area contributed by atoms with Crippen LogP contribution < -0.4 is 5.32 Å². The van der Waals surface area contributed by atoms with Crippen molar-refractivity contribution < 1.29 is 14.7 Å². The van der Waals surface area contributed by atoms with Crippen molar-refractivity contribution in [1.29, 1.82) is 0 Å². The van der Waals surface area contributed by atoms with E-state index in [9.17, 15) is 14.7 Å². The number of likely N-dealkylation sites (N-methyl/N-ethyl adjacent to an activating group) is 1. The van der Waals surface area contributed by atoms with Gasteiger partial charge in [0.15, 0.2) is 0 Å². The maximum absolute atomic E-state index is 12.3. The standard InChI is InChI=1S/C14H21N3O3S/c1-8-7-17(6-5-16(8)4)14(20)15-12-11(13(18)19)9(2)10(3)21-12/h8H,5-7H2,1-4H3,(H,15,20)(H,18,19). The van der Waals surface area contributed by atoms with Gasteiger partial charge in [0, 0.05) is 30.6 Å². The first-order valence-electron chi connectivity index (χ1n) is 6.90. The molecule has 6 nitrogen and oxygen atoms in total. The van der Waals surface area contributed by atoms with Crippen LogP contribution in [0.5, 0.6) is 0 Å². The molecule has 1 aromatic heterocycles. The number of aryl methyl sites for hydroxylation is 1. The third-order valence-corrected chi connectivity index (χ3v) is 5.19. The summed E-state index contributed by atoms with van der Waals surface area (Å²) in [5, 5.41) is 12.5. The van der Waals surface area contributed by atoms with Crippen LogP contribution in [0.15, 0.2) is 0 Å². The molecule has 0 radical (unpaired) electrons. The van der Waals surface area contributed by atoms with Gasteiger partial charge in [-0.15, -0.1) is 11.3 Å². The van der Waals surface area contributed by atoms with Gasteiger partial charge in [-0.25, -0.2) is 9.59 Å². The zero-order valence-electron chi connectivity index (χ0n) is 12.8. The maximum atomic E-state index is 12.3. The lowest BCUT2D eigenvalue weighted by molar-refractivity contribution is 0.0697. The fourth-order valence-electron chi connectivity index (χ4n) is 2.38. The van der Waals surface area contributed by atoms with Gasteiger partial charge >= 0.3 is 12.0 Å². The molecule has 2 heterocycles. The monoisotopic (exact) mass is 311 g/mol. The summed E-state index contributed by atoms with van der Waals surface area (Å²) in [6.07, 6.45) is 0. The number of carbonyl (C=O) groups excluding carboxylic acids is 1. The highest BCUT2D eigenvalue weighted by Crippen LogP contribution is 2.32. The number of carboxylic acids is 1. The molecule has 0 spiro atoms. The Morgan fingerprint density at radius 2 is 2.00 bits per heavy atom. The molecule has 1 fully saturated rings. The molecule has 1 saturated heterocycles. The van der Waals surface area contributed by atoms with E-state index in [0.29, 0.717) is 24.1 Å². The van der Waals surface area contributed by atoms with Crippen LogP contribution >= 0.6 is 11.3 Å². The summed E-state index contributed by atoms with van der Waals surface area (Å²) in [5.74, 6) is -1.00. The van der Waals surface area contributed by atoms with Crippen LogP contribution in [0.3, 0.4) is 0 Å². The quantitative estimate of drug-likeness (QED) is 0.878. The number of aromatic carboxylic acids is 1. The SMILES string of the molecule is Cc1sc(NC(=O)N2CCN(C)C(C)C2)c(C(=O)O)c1C. The normalized spacial score (nSPS) is 19.6. The molecule has 2 rings (SSSR count). The molecule has 2 N–H and O–H groups in total. The van der Waals surface area contributed by atoms with Crippen molar-refractivity contribution in [2.75, 3.05) is 32.0 Å². The topological polar surface area (TPSA) is 72.9 Å². The molecular weight excluding hydrogens is 290 g/mol. The summed E-state index contributed by atoms with van der Waals surface area (Å²) in [6, 6.07) is 0.0777. The molecule has 2 amide bonds. The van der Waals surface area contributed by atoms with Gasteiger partial charge in [0.05, 0.1) is 5.56 Å². The second kappa shape index (κ2) is 6.03. The minimum absolute atomic E-state index is 0.202. The van der Waals surface area contributed by atoms with Gasteiger partial charge in [0.2, 0.25) is 0 Å². The fourth-order valence-corrected chi connectivity index (χ4v) is 3.42. The number of carboxylic acid groups (broad SMARTS) is 1. The molecule has 1 aromatic rings. The van der Waals surface area contributed by atoms with Crippen LogP contribution in [-0.4, -0.2) is 59.6 Å².